The highest BCUT2D eigenvalue weighted by molar-refractivity contribution is 4.99. The van der Waals surface area contributed by atoms with E-state index in [1.807, 2.05) is 4.90 Å². The summed E-state index contributed by atoms with van der Waals surface area (Å²) in [5.74, 6) is 0. The van der Waals surface area contributed by atoms with E-state index in [1.54, 1.807) is 6.92 Å². The second-order valence-corrected chi connectivity index (χ2v) is 6.52. The average Bonchev–Trinajstić information content (AvgIpc) is 2.39. The Hall–Kier alpha value is -0.370. The number of halogens is 3. The molecule has 0 aromatic carbocycles. The lowest BCUT2D eigenvalue weighted by Crippen LogP contribution is -2.64. The van der Waals surface area contributed by atoms with E-state index < -0.39 is 18.3 Å². The Labute approximate surface area is 122 Å². The zero-order valence-electron chi connectivity index (χ0n) is 12.3. The molecule has 1 spiro atoms. The highest BCUT2D eigenvalue weighted by atomic mass is 19.4. The van der Waals surface area contributed by atoms with Gasteiger partial charge < -0.3 is 14.8 Å². The molecule has 2 heterocycles. The van der Waals surface area contributed by atoms with E-state index in [-0.39, 0.29) is 18.2 Å². The zero-order chi connectivity index (χ0) is 15.1. The molecule has 3 rings (SSSR count). The minimum Gasteiger partial charge on any atom is -0.374 e. The number of ether oxygens (including phenoxy) is 2. The lowest BCUT2D eigenvalue weighted by molar-refractivity contribution is -0.253. The van der Waals surface area contributed by atoms with Gasteiger partial charge in [0.05, 0.1) is 19.3 Å². The molecule has 21 heavy (non-hydrogen) atoms. The van der Waals surface area contributed by atoms with Crippen LogP contribution in [0.25, 0.3) is 0 Å². The van der Waals surface area contributed by atoms with Crippen LogP contribution in [0.15, 0.2) is 0 Å². The minimum atomic E-state index is -4.31. The third-order valence-electron chi connectivity index (χ3n) is 5.06. The van der Waals surface area contributed by atoms with Crippen LogP contribution in [-0.4, -0.2) is 67.7 Å². The molecular formula is C14H23F3N2O2. The van der Waals surface area contributed by atoms with E-state index in [0.29, 0.717) is 19.7 Å². The molecule has 1 N–H and O–H groups in total. The molecule has 0 bridgehead atoms. The molecule has 0 aromatic rings. The fourth-order valence-corrected chi connectivity index (χ4v) is 3.48. The molecule has 3 atom stereocenters. The molecule has 2 aliphatic heterocycles. The van der Waals surface area contributed by atoms with E-state index >= 15 is 0 Å². The number of morpholine rings is 2. The maximum absolute atomic E-state index is 12.9. The van der Waals surface area contributed by atoms with Crippen LogP contribution in [0.2, 0.25) is 0 Å². The fourth-order valence-electron chi connectivity index (χ4n) is 3.48. The van der Waals surface area contributed by atoms with Crippen molar-refractivity contribution in [1.82, 2.24) is 10.2 Å². The standard InChI is InChI=1S/C14H23F3N2O2/c1-10-12(14(15,16)17)20-6-5-19(10)8-11-7-18-13(9-21-11)3-2-4-13/h10-12,18H,2-9H2,1H3. The van der Waals surface area contributed by atoms with E-state index in [9.17, 15) is 13.2 Å². The van der Waals surface area contributed by atoms with Gasteiger partial charge in [-0.05, 0) is 26.2 Å². The first-order valence-corrected chi connectivity index (χ1v) is 7.69. The molecule has 0 radical (unpaired) electrons. The second kappa shape index (κ2) is 5.68. The van der Waals surface area contributed by atoms with Crippen molar-refractivity contribution in [2.45, 2.75) is 56.2 Å². The topological polar surface area (TPSA) is 33.7 Å². The number of rotatable bonds is 2. The number of hydrogen-bond donors (Lipinski definition) is 1. The van der Waals surface area contributed by atoms with Crippen LogP contribution in [0.3, 0.4) is 0 Å². The summed E-state index contributed by atoms with van der Waals surface area (Å²) in [5.41, 5.74) is 0.154. The summed E-state index contributed by atoms with van der Waals surface area (Å²) in [6.45, 7) is 4.17. The quantitative estimate of drug-likeness (QED) is 0.839. The van der Waals surface area contributed by atoms with Gasteiger partial charge in [-0.25, -0.2) is 0 Å². The molecule has 2 saturated heterocycles. The zero-order valence-corrected chi connectivity index (χ0v) is 12.3. The van der Waals surface area contributed by atoms with Crippen molar-refractivity contribution < 1.29 is 22.6 Å². The number of nitrogens with zero attached hydrogens (tertiary/aromatic N) is 1. The first-order valence-electron chi connectivity index (χ1n) is 7.69. The average molecular weight is 308 g/mol. The van der Waals surface area contributed by atoms with Crippen LogP contribution in [0.5, 0.6) is 0 Å². The lowest BCUT2D eigenvalue weighted by Gasteiger charge is -2.49. The lowest BCUT2D eigenvalue weighted by atomic mass is 9.76. The molecule has 3 fully saturated rings. The largest absolute Gasteiger partial charge is 0.416 e. The Morgan fingerprint density at radius 2 is 2.05 bits per heavy atom. The van der Waals surface area contributed by atoms with Gasteiger partial charge in [0.1, 0.15) is 0 Å². The normalized spacial score (nSPS) is 37.4. The van der Waals surface area contributed by atoms with Crippen molar-refractivity contribution in [2.24, 2.45) is 0 Å². The molecule has 4 nitrogen and oxygen atoms in total. The Kier molecular flexibility index (Phi) is 4.20. The molecule has 0 aromatic heterocycles. The van der Waals surface area contributed by atoms with Gasteiger partial charge in [0.15, 0.2) is 6.10 Å². The van der Waals surface area contributed by atoms with Crippen molar-refractivity contribution >= 4 is 0 Å². The molecule has 3 aliphatic rings. The molecule has 122 valence electrons. The maximum atomic E-state index is 12.9. The predicted molar refractivity (Wildman–Crippen MR) is 71.2 cm³/mol. The highest BCUT2D eigenvalue weighted by Crippen LogP contribution is 2.35. The number of nitrogens with one attached hydrogen (secondary N) is 1. The molecule has 0 amide bonds. The summed E-state index contributed by atoms with van der Waals surface area (Å²) in [5, 5.41) is 3.52. The fraction of sp³-hybridized carbons (Fsp3) is 1.00. The van der Waals surface area contributed by atoms with Crippen molar-refractivity contribution in [3.05, 3.63) is 0 Å². The third kappa shape index (κ3) is 3.21. The summed E-state index contributed by atoms with van der Waals surface area (Å²) >= 11 is 0. The Morgan fingerprint density at radius 3 is 2.57 bits per heavy atom. The van der Waals surface area contributed by atoms with Gasteiger partial charge in [-0.3, -0.25) is 4.90 Å². The van der Waals surface area contributed by atoms with Crippen LogP contribution >= 0.6 is 0 Å². The number of hydrogen-bond acceptors (Lipinski definition) is 4. The van der Waals surface area contributed by atoms with Gasteiger partial charge in [-0.15, -0.1) is 0 Å². The minimum absolute atomic E-state index is 0.0364. The molecule has 1 saturated carbocycles. The smallest absolute Gasteiger partial charge is 0.374 e. The van der Waals surface area contributed by atoms with Crippen LogP contribution in [-0.2, 0) is 9.47 Å². The van der Waals surface area contributed by atoms with E-state index in [1.165, 1.54) is 6.42 Å². The first-order chi connectivity index (χ1) is 9.90. The summed E-state index contributed by atoms with van der Waals surface area (Å²) in [7, 11) is 0. The Balaban J connectivity index is 1.52. The predicted octanol–water partition coefficient (Wildman–Crippen LogP) is 1.55. The van der Waals surface area contributed by atoms with Gasteiger partial charge in [0.2, 0.25) is 0 Å². The summed E-state index contributed by atoms with van der Waals surface area (Å²) in [4.78, 5) is 1.84. The monoisotopic (exact) mass is 308 g/mol. The van der Waals surface area contributed by atoms with Gasteiger partial charge in [0, 0.05) is 31.2 Å². The van der Waals surface area contributed by atoms with Crippen LogP contribution in [0.1, 0.15) is 26.2 Å². The number of alkyl halides is 3. The van der Waals surface area contributed by atoms with E-state index in [2.05, 4.69) is 5.32 Å². The summed E-state index contributed by atoms with van der Waals surface area (Å²) in [6, 6.07) is -0.665. The van der Waals surface area contributed by atoms with E-state index in [4.69, 9.17) is 9.47 Å². The molecule has 1 aliphatic carbocycles. The Morgan fingerprint density at radius 1 is 1.29 bits per heavy atom. The van der Waals surface area contributed by atoms with Crippen molar-refractivity contribution in [1.29, 1.82) is 0 Å². The van der Waals surface area contributed by atoms with Crippen molar-refractivity contribution in [2.75, 3.05) is 32.8 Å². The second-order valence-electron chi connectivity index (χ2n) is 6.52. The van der Waals surface area contributed by atoms with Crippen LogP contribution < -0.4 is 5.32 Å². The van der Waals surface area contributed by atoms with Gasteiger partial charge in [-0.1, -0.05) is 0 Å². The van der Waals surface area contributed by atoms with Gasteiger partial charge >= 0.3 is 6.18 Å². The first kappa shape index (κ1) is 15.5. The van der Waals surface area contributed by atoms with Crippen LogP contribution in [0.4, 0.5) is 13.2 Å². The maximum Gasteiger partial charge on any atom is 0.416 e. The third-order valence-corrected chi connectivity index (χ3v) is 5.06. The Bertz CT molecular complexity index is 364. The van der Waals surface area contributed by atoms with Gasteiger partial charge in [-0.2, -0.15) is 13.2 Å². The van der Waals surface area contributed by atoms with Crippen molar-refractivity contribution in [3.63, 3.8) is 0 Å². The SMILES string of the molecule is CC1C(C(F)(F)F)OCCN1CC1CNC2(CCC2)CO1. The highest BCUT2D eigenvalue weighted by Gasteiger charge is 2.48. The molecule has 7 heteroatoms. The molecule has 3 unspecified atom stereocenters. The molecular weight excluding hydrogens is 285 g/mol. The van der Waals surface area contributed by atoms with Gasteiger partial charge in [0.25, 0.3) is 0 Å². The van der Waals surface area contributed by atoms with E-state index in [0.717, 1.165) is 19.4 Å². The summed E-state index contributed by atoms with van der Waals surface area (Å²) < 4.78 is 49.5. The van der Waals surface area contributed by atoms with Crippen molar-refractivity contribution in [3.8, 4) is 0 Å². The summed E-state index contributed by atoms with van der Waals surface area (Å²) in [6.07, 6.45) is -2.52. The van der Waals surface area contributed by atoms with Crippen LogP contribution in [0, 0.1) is 0 Å².